The third-order valence-electron chi connectivity index (χ3n) is 1.93. The first-order chi connectivity index (χ1) is 5.52. The molecular formula is C10H22N2. The quantitative estimate of drug-likeness (QED) is 0.629. The van der Waals surface area contributed by atoms with E-state index in [1.807, 2.05) is 13.1 Å². The highest BCUT2D eigenvalue weighted by Gasteiger charge is 2.18. The summed E-state index contributed by atoms with van der Waals surface area (Å²) in [6.07, 6.45) is 1.96. The summed E-state index contributed by atoms with van der Waals surface area (Å²) in [6, 6.07) is 0. The van der Waals surface area contributed by atoms with Gasteiger partial charge in [0, 0.05) is 25.2 Å². The molecule has 0 radical (unpaired) electrons. The summed E-state index contributed by atoms with van der Waals surface area (Å²) in [6.45, 7) is 13.5. The zero-order valence-corrected chi connectivity index (χ0v) is 8.85. The Bertz CT molecular complexity index is 124. The van der Waals surface area contributed by atoms with E-state index in [9.17, 15) is 0 Å². The molecule has 72 valence electrons. The van der Waals surface area contributed by atoms with Gasteiger partial charge >= 0.3 is 0 Å². The van der Waals surface area contributed by atoms with Gasteiger partial charge in [-0.3, -0.25) is 4.90 Å². The molecule has 0 unspecified atom stereocenters. The smallest absolute Gasteiger partial charge is 0.0166 e. The topological polar surface area (TPSA) is 15.3 Å². The number of hydrogen-bond acceptors (Lipinski definition) is 2. The minimum atomic E-state index is 0.241. The Morgan fingerprint density at radius 2 is 2.00 bits per heavy atom. The van der Waals surface area contributed by atoms with E-state index in [0.29, 0.717) is 0 Å². The Balaban J connectivity index is 3.94. The molecule has 0 aromatic rings. The first kappa shape index (κ1) is 11.7. The molecule has 0 atom stereocenters. The molecule has 0 aliphatic heterocycles. The Morgan fingerprint density at radius 1 is 1.42 bits per heavy atom. The molecular weight excluding hydrogens is 148 g/mol. The van der Waals surface area contributed by atoms with Crippen LogP contribution in [-0.4, -0.2) is 37.1 Å². The first-order valence-electron chi connectivity index (χ1n) is 4.53. The fourth-order valence-electron chi connectivity index (χ4n) is 1.10. The van der Waals surface area contributed by atoms with Gasteiger partial charge in [0.2, 0.25) is 0 Å². The Labute approximate surface area is 76.6 Å². The fourth-order valence-corrected chi connectivity index (χ4v) is 1.10. The van der Waals surface area contributed by atoms with E-state index < -0.39 is 0 Å². The standard InChI is InChI=1S/C10H22N2/c1-6-8-12(9-7-11-5)10(2,3)4/h6,11H,1,7-9H2,2-5H3. The second-order valence-corrected chi connectivity index (χ2v) is 4.01. The lowest BCUT2D eigenvalue weighted by molar-refractivity contribution is 0.156. The van der Waals surface area contributed by atoms with E-state index in [2.05, 4.69) is 37.6 Å². The number of hydrogen-bond donors (Lipinski definition) is 1. The minimum Gasteiger partial charge on any atom is -0.318 e. The zero-order valence-electron chi connectivity index (χ0n) is 8.85. The maximum absolute atomic E-state index is 3.76. The van der Waals surface area contributed by atoms with Crippen molar-refractivity contribution in [2.45, 2.75) is 26.3 Å². The molecule has 2 nitrogen and oxygen atoms in total. The minimum absolute atomic E-state index is 0.241. The van der Waals surface area contributed by atoms with Crippen molar-refractivity contribution >= 4 is 0 Å². The van der Waals surface area contributed by atoms with E-state index in [1.54, 1.807) is 0 Å². The Hall–Kier alpha value is -0.340. The van der Waals surface area contributed by atoms with Gasteiger partial charge < -0.3 is 5.32 Å². The van der Waals surface area contributed by atoms with Gasteiger partial charge in [-0.15, -0.1) is 6.58 Å². The van der Waals surface area contributed by atoms with Crippen LogP contribution in [0, 0.1) is 0 Å². The molecule has 0 aliphatic rings. The molecule has 12 heavy (non-hydrogen) atoms. The van der Waals surface area contributed by atoms with Gasteiger partial charge in [-0.1, -0.05) is 6.08 Å². The van der Waals surface area contributed by atoms with Crippen LogP contribution in [0.3, 0.4) is 0 Å². The van der Waals surface area contributed by atoms with Crippen LogP contribution >= 0.6 is 0 Å². The van der Waals surface area contributed by atoms with Gasteiger partial charge in [0.05, 0.1) is 0 Å². The molecule has 0 saturated heterocycles. The molecule has 0 aromatic carbocycles. The van der Waals surface area contributed by atoms with Crippen molar-refractivity contribution in [1.29, 1.82) is 0 Å². The molecule has 0 spiro atoms. The van der Waals surface area contributed by atoms with Crippen molar-refractivity contribution in [3.05, 3.63) is 12.7 Å². The van der Waals surface area contributed by atoms with Gasteiger partial charge in [0.25, 0.3) is 0 Å². The van der Waals surface area contributed by atoms with Crippen LogP contribution in [0.5, 0.6) is 0 Å². The van der Waals surface area contributed by atoms with E-state index in [0.717, 1.165) is 19.6 Å². The summed E-state index contributed by atoms with van der Waals surface area (Å²) < 4.78 is 0. The van der Waals surface area contributed by atoms with Gasteiger partial charge in [-0.05, 0) is 27.8 Å². The third-order valence-corrected chi connectivity index (χ3v) is 1.93. The molecule has 0 heterocycles. The highest BCUT2D eigenvalue weighted by atomic mass is 15.2. The van der Waals surface area contributed by atoms with Gasteiger partial charge in [0.1, 0.15) is 0 Å². The maximum atomic E-state index is 3.76. The summed E-state index contributed by atoms with van der Waals surface area (Å²) in [5, 5.41) is 3.15. The lowest BCUT2D eigenvalue weighted by Crippen LogP contribution is -2.44. The molecule has 0 bridgehead atoms. The molecule has 0 saturated carbocycles. The van der Waals surface area contributed by atoms with Crippen molar-refractivity contribution in [1.82, 2.24) is 10.2 Å². The Morgan fingerprint density at radius 3 is 2.33 bits per heavy atom. The number of nitrogens with zero attached hydrogens (tertiary/aromatic N) is 1. The van der Waals surface area contributed by atoms with Crippen molar-refractivity contribution in [2.24, 2.45) is 0 Å². The predicted octanol–water partition coefficient (Wildman–Crippen LogP) is 1.49. The largest absolute Gasteiger partial charge is 0.318 e. The van der Waals surface area contributed by atoms with Crippen LogP contribution in [-0.2, 0) is 0 Å². The summed E-state index contributed by atoms with van der Waals surface area (Å²) in [7, 11) is 1.98. The molecule has 0 fully saturated rings. The lowest BCUT2D eigenvalue weighted by Gasteiger charge is -2.34. The van der Waals surface area contributed by atoms with Crippen LogP contribution in [0.4, 0.5) is 0 Å². The normalized spacial score (nSPS) is 12.1. The highest BCUT2D eigenvalue weighted by Crippen LogP contribution is 2.11. The first-order valence-corrected chi connectivity index (χ1v) is 4.53. The summed E-state index contributed by atoms with van der Waals surface area (Å²) >= 11 is 0. The van der Waals surface area contributed by atoms with Crippen LogP contribution in [0.1, 0.15) is 20.8 Å². The van der Waals surface area contributed by atoms with Crippen molar-refractivity contribution in [3.8, 4) is 0 Å². The second kappa shape index (κ2) is 5.33. The summed E-state index contributed by atoms with van der Waals surface area (Å²) in [5.41, 5.74) is 0.241. The molecule has 0 aromatic heterocycles. The molecule has 0 aliphatic carbocycles. The molecule has 1 N–H and O–H groups in total. The SMILES string of the molecule is C=CCN(CCNC)C(C)(C)C. The third kappa shape index (κ3) is 4.52. The lowest BCUT2D eigenvalue weighted by atomic mass is 10.1. The second-order valence-electron chi connectivity index (χ2n) is 4.01. The summed E-state index contributed by atoms with van der Waals surface area (Å²) in [4.78, 5) is 2.40. The van der Waals surface area contributed by atoms with Crippen LogP contribution in [0.15, 0.2) is 12.7 Å². The highest BCUT2D eigenvalue weighted by molar-refractivity contribution is 4.82. The van der Waals surface area contributed by atoms with Crippen LogP contribution < -0.4 is 5.32 Å². The predicted molar refractivity (Wildman–Crippen MR) is 55.4 cm³/mol. The average Bonchev–Trinajstić information content (AvgIpc) is 1.95. The van der Waals surface area contributed by atoms with Gasteiger partial charge in [-0.25, -0.2) is 0 Å². The number of rotatable bonds is 5. The summed E-state index contributed by atoms with van der Waals surface area (Å²) in [5.74, 6) is 0. The molecule has 0 amide bonds. The maximum Gasteiger partial charge on any atom is 0.0166 e. The fraction of sp³-hybridized carbons (Fsp3) is 0.800. The number of nitrogens with one attached hydrogen (secondary N) is 1. The van der Waals surface area contributed by atoms with Crippen molar-refractivity contribution in [3.63, 3.8) is 0 Å². The van der Waals surface area contributed by atoms with Gasteiger partial charge in [0.15, 0.2) is 0 Å². The number of likely N-dealkylation sites (N-methyl/N-ethyl adjacent to an activating group) is 1. The Kier molecular flexibility index (Phi) is 5.18. The average molecular weight is 170 g/mol. The zero-order chi connectivity index (χ0) is 9.61. The van der Waals surface area contributed by atoms with Crippen LogP contribution in [0.25, 0.3) is 0 Å². The molecule has 0 rings (SSSR count). The monoisotopic (exact) mass is 170 g/mol. The van der Waals surface area contributed by atoms with E-state index in [-0.39, 0.29) is 5.54 Å². The van der Waals surface area contributed by atoms with Crippen LogP contribution in [0.2, 0.25) is 0 Å². The van der Waals surface area contributed by atoms with Gasteiger partial charge in [-0.2, -0.15) is 0 Å². The molecule has 2 heteroatoms. The van der Waals surface area contributed by atoms with E-state index in [1.165, 1.54) is 0 Å². The van der Waals surface area contributed by atoms with Crippen molar-refractivity contribution in [2.75, 3.05) is 26.7 Å². The van der Waals surface area contributed by atoms with E-state index >= 15 is 0 Å². The van der Waals surface area contributed by atoms with Crippen molar-refractivity contribution < 1.29 is 0 Å². The van der Waals surface area contributed by atoms with E-state index in [4.69, 9.17) is 0 Å².